The molecule has 0 amide bonds. The van der Waals surface area contributed by atoms with Crippen molar-refractivity contribution in [2.45, 2.75) is 27.3 Å². The van der Waals surface area contributed by atoms with Crippen molar-refractivity contribution in [1.29, 1.82) is 0 Å². The zero-order valence-corrected chi connectivity index (χ0v) is 14.2. The van der Waals surface area contributed by atoms with Crippen molar-refractivity contribution >= 4 is 41.5 Å². The lowest BCUT2D eigenvalue weighted by atomic mass is 10.1. The van der Waals surface area contributed by atoms with Crippen LogP contribution in [-0.2, 0) is 6.54 Å². The van der Waals surface area contributed by atoms with Crippen molar-refractivity contribution in [2.75, 3.05) is 13.1 Å². The Kier molecular flexibility index (Phi) is 9.18. The Morgan fingerprint density at radius 1 is 1.22 bits per heavy atom. The van der Waals surface area contributed by atoms with Crippen LogP contribution in [0.2, 0.25) is 5.02 Å². The molecular formula is C13H21ClIN3. The fraction of sp³-hybridized carbons (Fsp3) is 0.462. The zero-order chi connectivity index (χ0) is 12.7. The van der Waals surface area contributed by atoms with Crippen LogP contribution < -0.4 is 10.6 Å². The van der Waals surface area contributed by atoms with Gasteiger partial charge in [0.2, 0.25) is 0 Å². The Morgan fingerprint density at radius 3 is 2.33 bits per heavy atom. The van der Waals surface area contributed by atoms with Gasteiger partial charge in [0.15, 0.2) is 5.96 Å². The topological polar surface area (TPSA) is 36.4 Å². The summed E-state index contributed by atoms with van der Waals surface area (Å²) in [6, 6.07) is 6.00. The third-order valence-electron chi connectivity index (χ3n) is 2.33. The first-order chi connectivity index (χ1) is 8.17. The predicted octanol–water partition coefficient (Wildman–Crippen LogP) is 3.34. The van der Waals surface area contributed by atoms with Gasteiger partial charge in [-0.05, 0) is 38.0 Å². The normalized spacial score (nSPS) is 9.33. The molecule has 0 aliphatic rings. The molecule has 0 saturated carbocycles. The molecule has 0 radical (unpaired) electrons. The number of guanidine groups is 1. The monoisotopic (exact) mass is 381 g/mol. The first kappa shape index (κ1) is 17.5. The van der Waals surface area contributed by atoms with Crippen LogP contribution in [0.15, 0.2) is 23.2 Å². The molecule has 5 heteroatoms. The van der Waals surface area contributed by atoms with Gasteiger partial charge in [-0.15, -0.1) is 24.0 Å². The van der Waals surface area contributed by atoms with Crippen LogP contribution in [-0.4, -0.2) is 19.0 Å². The molecular weight excluding hydrogens is 361 g/mol. The average molecular weight is 382 g/mol. The fourth-order valence-electron chi connectivity index (χ4n) is 1.48. The highest BCUT2D eigenvalue weighted by molar-refractivity contribution is 14.0. The maximum atomic E-state index is 5.98. The molecule has 1 aromatic rings. The Balaban J connectivity index is 0.00000289. The molecule has 0 fully saturated rings. The van der Waals surface area contributed by atoms with Gasteiger partial charge in [0.1, 0.15) is 0 Å². The second kappa shape index (κ2) is 9.44. The van der Waals surface area contributed by atoms with E-state index >= 15 is 0 Å². The molecule has 2 N–H and O–H groups in total. The number of rotatable bonds is 4. The molecule has 0 aromatic heterocycles. The van der Waals surface area contributed by atoms with Crippen LogP contribution in [0.25, 0.3) is 0 Å². The van der Waals surface area contributed by atoms with Gasteiger partial charge in [0.05, 0.1) is 6.54 Å². The van der Waals surface area contributed by atoms with Crippen LogP contribution in [0, 0.1) is 6.92 Å². The minimum absolute atomic E-state index is 0. The van der Waals surface area contributed by atoms with E-state index in [1.54, 1.807) is 0 Å². The quantitative estimate of drug-likeness (QED) is 0.477. The number of benzene rings is 1. The van der Waals surface area contributed by atoms with Crippen LogP contribution in [0.4, 0.5) is 0 Å². The molecule has 18 heavy (non-hydrogen) atoms. The van der Waals surface area contributed by atoms with E-state index in [0.29, 0.717) is 6.54 Å². The second-order valence-electron chi connectivity index (χ2n) is 3.81. The summed E-state index contributed by atoms with van der Waals surface area (Å²) in [5.41, 5.74) is 2.26. The van der Waals surface area contributed by atoms with Crippen molar-refractivity contribution in [2.24, 2.45) is 4.99 Å². The Bertz CT molecular complexity index is 386. The van der Waals surface area contributed by atoms with Crippen LogP contribution in [0.5, 0.6) is 0 Å². The first-order valence-electron chi connectivity index (χ1n) is 5.94. The van der Waals surface area contributed by atoms with E-state index in [2.05, 4.69) is 35.5 Å². The van der Waals surface area contributed by atoms with Crippen LogP contribution in [0.1, 0.15) is 25.0 Å². The van der Waals surface area contributed by atoms with Crippen LogP contribution >= 0.6 is 35.6 Å². The number of nitrogens with one attached hydrogen (secondary N) is 2. The zero-order valence-electron chi connectivity index (χ0n) is 11.1. The standard InChI is InChI=1S/C13H20ClN3.HI/c1-4-15-13(16-5-2)17-9-11-6-7-12(14)10(3)8-11;/h6-8H,4-5,9H2,1-3H3,(H2,15,16,17);1H. The van der Waals surface area contributed by atoms with Gasteiger partial charge in [0, 0.05) is 18.1 Å². The summed E-state index contributed by atoms with van der Waals surface area (Å²) in [6.45, 7) is 8.51. The van der Waals surface area contributed by atoms with E-state index < -0.39 is 0 Å². The summed E-state index contributed by atoms with van der Waals surface area (Å²) in [5, 5.41) is 7.19. The van der Waals surface area contributed by atoms with E-state index in [1.165, 1.54) is 5.56 Å². The SMILES string of the molecule is CCNC(=NCc1ccc(Cl)c(C)c1)NCC.I. The van der Waals surface area contributed by atoms with E-state index in [9.17, 15) is 0 Å². The molecule has 0 atom stereocenters. The number of nitrogens with zero attached hydrogens (tertiary/aromatic N) is 1. The number of hydrogen-bond acceptors (Lipinski definition) is 1. The van der Waals surface area contributed by atoms with E-state index in [0.717, 1.165) is 29.6 Å². The van der Waals surface area contributed by atoms with Gasteiger partial charge in [-0.2, -0.15) is 0 Å². The lowest BCUT2D eigenvalue weighted by Gasteiger charge is -2.09. The Hall–Kier alpha value is -0.490. The fourth-order valence-corrected chi connectivity index (χ4v) is 1.60. The molecule has 0 aliphatic heterocycles. The van der Waals surface area contributed by atoms with Gasteiger partial charge in [-0.25, -0.2) is 4.99 Å². The summed E-state index contributed by atoms with van der Waals surface area (Å²) in [6.07, 6.45) is 0. The van der Waals surface area contributed by atoms with Gasteiger partial charge in [-0.1, -0.05) is 23.7 Å². The minimum Gasteiger partial charge on any atom is -0.357 e. The Labute approximate surface area is 131 Å². The first-order valence-corrected chi connectivity index (χ1v) is 6.32. The van der Waals surface area contributed by atoms with Gasteiger partial charge in [-0.3, -0.25) is 0 Å². The van der Waals surface area contributed by atoms with Crippen molar-refractivity contribution in [1.82, 2.24) is 10.6 Å². The number of halogens is 2. The van der Waals surface area contributed by atoms with Crippen molar-refractivity contribution in [3.63, 3.8) is 0 Å². The van der Waals surface area contributed by atoms with E-state index in [1.807, 2.05) is 19.1 Å². The predicted molar refractivity (Wildman–Crippen MR) is 90.1 cm³/mol. The summed E-state index contributed by atoms with van der Waals surface area (Å²) < 4.78 is 0. The molecule has 0 saturated heterocycles. The van der Waals surface area contributed by atoms with E-state index in [-0.39, 0.29) is 24.0 Å². The molecule has 0 heterocycles. The summed E-state index contributed by atoms with van der Waals surface area (Å²) in [5.74, 6) is 0.850. The van der Waals surface area contributed by atoms with Crippen molar-refractivity contribution < 1.29 is 0 Å². The van der Waals surface area contributed by atoms with Crippen LogP contribution in [0.3, 0.4) is 0 Å². The van der Waals surface area contributed by atoms with Gasteiger partial charge >= 0.3 is 0 Å². The summed E-state index contributed by atoms with van der Waals surface area (Å²) >= 11 is 5.98. The summed E-state index contributed by atoms with van der Waals surface area (Å²) in [4.78, 5) is 4.50. The summed E-state index contributed by atoms with van der Waals surface area (Å²) in [7, 11) is 0. The number of aryl methyl sites for hydroxylation is 1. The average Bonchev–Trinajstić information content (AvgIpc) is 2.31. The van der Waals surface area contributed by atoms with E-state index in [4.69, 9.17) is 11.6 Å². The molecule has 0 unspecified atom stereocenters. The number of aliphatic imine (C=N–C) groups is 1. The lowest BCUT2D eigenvalue weighted by molar-refractivity contribution is 0.839. The second-order valence-corrected chi connectivity index (χ2v) is 4.22. The molecule has 0 aliphatic carbocycles. The maximum absolute atomic E-state index is 5.98. The van der Waals surface area contributed by atoms with Gasteiger partial charge < -0.3 is 10.6 Å². The van der Waals surface area contributed by atoms with Gasteiger partial charge in [0.25, 0.3) is 0 Å². The minimum atomic E-state index is 0. The molecule has 1 rings (SSSR count). The molecule has 3 nitrogen and oxygen atoms in total. The smallest absolute Gasteiger partial charge is 0.191 e. The highest BCUT2D eigenvalue weighted by atomic mass is 127. The molecule has 0 bridgehead atoms. The number of hydrogen-bond donors (Lipinski definition) is 2. The Morgan fingerprint density at radius 2 is 1.83 bits per heavy atom. The van der Waals surface area contributed by atoms with Crippen molar-refractivity contribution in [3.05, 3.63) is 34.3 Å². The highest BCUT2D eigenvalue weighted by Crippen LogP contribution is 2.16. The lowest BCUT2D eigenvalue weighted by Crippen LogP contribution is -2.36. The highest BCUT2D eigenvalue weighted by Gasteiger charge is 1.98. The largest absolute Gasteiger partial charge is 0.357 e. The molecule has 0 spiro atoms. The third-order valence-corrected chi connectivity index (χ3v) is 2.75. The molecule has 1 aromatic carbocycles. The maximum Gasteiger partial charge on any atom is 0.191 e. The molecule has 102 valence electrons. The van der Waals surface area contributed by atoms with Crippen molar-refractivity contribution in [3.8, 4) is 0 Å². The third kappa shape index (κ3) is 5.91.